The molecule has 0 spiro atoms. The molecule has 10 nitrogen and oxygen atoms in total. The Labute approximate surface area is 240 Å². The summed E-state index contributed by atoms with van der Waals surface area (Å²) in [6.07, 6.45) is 1.56. The molecule has 3 aromatic carbocycles. The highest BCUT2D eigenvalue weighted by Crippen LogP contribution is 2.35. The van der Waals surface area contributed by atoms with E-state index < -0.39 is 29.6 Å². The zero-order chi connectivity index (χ0) is 29.4. The maximum Gasteiger partial charge on any atom is 0.335 e. The first kappa shape index (κ1) is 29.2. The van der Waals surface area contributed by atoms with Gasteiger partial charge in [-0.1, -0.05) is 18.2 Å². The standard InChI is InChI=1S/C30H28N2O8S/c1-3-38-23-12-10-22(11-13-23)31-27(33)17-32-28(34)26(41-30(32)37)16-20-7-14-24(25(15-20)39-4-2)40-18-19-5-8-21(9-6-19)29(35)36/h5-16H,3-4,17-18H2,1-2H3,(H,31,33)(H,35,36)/b26-16+. The van der Waals surface area contributed by atoms with Gasteiger partial charge in [0.25, 0.3) is 11.1 Å². The van der Waals surface area contributed by atoms with Gasteiger partial charge in [0.2, 0.25) is 5.91 Å². The SMILES string of the molecule is CCOc1ccc(NC(=O)CN2C(=O)S/C(=C/c3ccc(OCc4ccc(C(=O)O)cc4)c(OCC)c3)C2=O)cc1. The smallest absolute Gasteiger partial charge is 0.335 e. The number of amides is 3. The zero-order valence-electron chi connectivity index (χ0n) is 22.4. The summed E-state index contributed by atoms with van der Waals surface area (Å²) < 4.78 is 17.0. The van der Waals surface area contributed by atoms with Crippen molar-refractivity contribution >= 4 is 46.5 Å². The third-order valence-corrected chi connectivity index (χ3v) is 6.69. The van der Waals surface area contributed by atoms with Crippen LogP contribution >= 0.6 is 11.8 Å². The Balaban J connectivity index is 1.40. The predicted molar refractivity (Wildman–Crippen MR) is 154 cm³/mol. The van der Waals surface area contributed by atoms with E-state index in [4.69, 9.17) is 19.3 Å². The first-order chi connectivity index (χ1) is 19.8. The molecular weight excluding hydrogens is 548 g/mol. The number of benzene rings is 3. The van der Waals surface area contributed by atoms with Crippen LogP contribution in [0.1, 0.15) is 35.3 Å². The van der Waals surface area contributed by atoms with Gasteiger partial charge >= 0.3 is 5.97 Å². The fourth-order valence-electron chi connectivity index (χ4n) is 3.84. The highest BCUT2D eigenvalue weighted by atomic mass is 32.2. The monoisotopic (exact) mass is 576 g/mol. The molecule has 0 aliphatic carbocycles. The lowest BCUT2D eigenvalue weighted by Gasteiger charge is -2.13. The average Bonchev–Trinajstić information content (AvgIpc) is 3.21. The molecule has 2 N–H and O–H groups in total. The van der Waals surface area contributed by atoms with Crippen LogP contribution in [0.15, 0.2) is 71.6 Å². The number of nitrogens with one attached hydrogen (secondary N) is 1. The molecule has 212 valence electrons. The van der Waals surface area contributed by atoms with Crippen molar-refractivity contribution in [2.45, 2.75) is 20.5 Å². The topological polar surface area (TPSA) is 131 Å². The van der Waals surface area contributed by atoms with Crippen LogP contribution in [0, 0.1) is 0 Å². The van der Waals surface area contributed by atoms with Gasteiger partial charge in [0.15, 0.2) is 11.5 Å². The normalized spacial score (nSPS) is 13.8. The van der Waals surface area contributed by atoms with Gasteiger partial charge < -0.3 is 24.6 Å². The summed E-state index contributed by atoms with van der Waals surface area (Å²) in [6, 6.07) is 18.2. The number of rotatable bonds is 12. The highest BCUT2D eigenvalue weighted by Gasteiger charge is 2.36. The van der Waals surface area contributed by atoms with Crippen molar-refractivity contribution in [2.75, 3.05) is 25.1 Å². The summed E-state index contributed by atoms with van der Waals surface area (Å²) in [7, 11) is 0. The number of nitrogens with zero attached hydrogens (tertiary/aromatic N) is 1. The highest BCUT2D eigenvalue weighted by molar-refractivity contribution is 8.18. The second-order valence-electron chi connectivity index (χ2n) is 8.70. The van der Waals surface area contributed by atoms with Gasteiger partial charge in [-0.2, -0.15) is 0 Å². The third kappa shape index (κ3) is 7.67. The Morgan fingerprint density at radius 1 is 0.902 bits per heavy atom. The van der Waals surface area contributed by atoms with Crippen LogP contribution in [0.2, 0.25) is 0 Å². The second kappa shape index (κ2) is 13.5. The second-order valence-corrected chi connectivity index (χ2v) is 9.70. The number of hydrogen-bond acceptors (Lipinski definition) is 8. The Morgan fingerprint density at radius 2 is 1.61 bits per heavy atom. The van der Waals surface area contributed by atoms with E-state index >= 15 is 0 Å². The molecule has 1 aliphatic heterocycles. The van der Waals surface area contributed by atoms with Crippen LogP contribution in [0.5, 0.6) is 17.2 Å². The van der Waals surface area contributed by atoms with Gasteiger partial charge in [-0.25, -0.2) is 4.79 Å². The summed E-state index contributed by atoms with van der Waals surface area (Å²) in [4.78, 5) is 50.1. The molecule has 3 aromatic rings. The fourth-order valence-corrected chi connectivity index (χ4v) is 4.68. The van der Waals surface area contributed by atoms with Gasteiger partial charge in [-0.3, -0.25) is 19.3 Å². The van der Waals surface area contributed by atoms with Crippen molar-refractivity contribution in [3.05, 3.63) is 88.3 Å². The van der Waals surface area contributed by atoms with Crippen LogP contribution in [-0.4, -0.2) is 52.8 Å². The largest absolute Gasteiger partial charge is 0.494 e. The molecule has 0 unspecified atom stereocenters. The number of hydrogen-bond donors (Lipinski definition) is 2. The summed E-state index contributed by atoms with van der Waals surface area (Å²) in [5, 5.41) is 11.2. The first-order valence-corrected chi connectivity index (χ1v) is 13.6. The number of imide groups is 1. The summed E-state index contributed by atoms with van der Waals surface area (Å²) in [5.74, 6) is -0.499. The van der Waals surface area contributed by atoms with E-state index in [1.54, 1.807) is 60.7 Å². The molecule has 1 fully saturated rings. The fraction of sp³-hybridized carbons (Fsp3) is 0.200. The lowest BCUT2D eigenvalue weighted by molar-refractivity contribution is -0.127. The van der Waals surface area contributed by atoms with Crippen LogP contribution in [0.3, 0.4) is 0 Å². The third-order valence-electron chi connectivity index (χ3n) is 5.78. The predicted octanol–water partition coefficient (Wildman–Crippen LogP) is 5.44. The molecule has 0 atom stereocenters. The van der Waals surface area contributed by atoms with E-state index in [2.05, 4.69) is 5.32 Å². The van der Waals surface area contributed by atoms with Gasteiger partial charge in [0.05, 0.1) is 23.7 Å². The number of carbonyl (C=O) groups is 4. The van der Waals surface area contributed by atoms with Crippen LogP contribution in [0.25, 0.3) is 6.08 Å². The molecule has 0 aromatic heterocycles. The number of thioether (sulfide) groups is 1. The number of carboxylic acid groups (broad SMARTS) is 1. The quantitative estimate of drug-likeness (QED) is 0.271. The molecule has 4 rings (SSSR count). The van der Waals surface area contributed by atoms with Crippen LogP contribution in [0.4, 0.5) is 10.5 Å². The molecule has 1 heterocycles. The van der Waals surface area contributed by atoms with Gasteiger partial charge in [0, 0.05) is 5.69 Å². The van der Waals surface area contributed by atoms with Gasteiger partial charge in [0.1, 0.15) is 18.9 Å². The molecule has 0 radical (unpaired) electrons. The lowest BCUT2D eigenvalue weighted by Crippen LogP contribution is -2.36. The minimum absolute atomic E-state index is 0.179. The van der Waals surface area contributed by atoms with Crippen LogP contribution in [-0.2, 0) is 16.2 Å². The van der Waals surface area contributed by atoms with Crippen molar-refractivity contribution in [3.8, 4) is 17.2 Å². The molecule has 1 aliphatic rings. The molecule has 11 heteroatoms. The molecule has 0 bridgehead atoms. The Hall–Kier alpha value is -4.77. The van der Waals surface area contributed by atoms with Gasteiger partial charge in [-0.05, 0) is 91.3 Å². The zero-order valence-corrected chi connectivity index (χ0v) is 23.2. The van der Waals surface area contributed by atoms with Gasteiger partial charge in [-0.15, -0.1) is 0 Å². The van der Waals surface area contributed by atoms with Crippen molar-refractivity contribution in [1.82, 2.24) is 4.90 Å². The van der Waals surface area contributed by atoms with E-state index in [0.717, 1.165) is 22.2 Å². The molecular formula is C30H28N2O8S. The van der Waals surface area contributed by atoms with Crippen molar-refractivity contribution in [2.24, 2.45) is 0 Å². The van der Waals surface area contributed by atoms with E-state index in [-0.39, 0.29) is 17.1 Å². The summed E-state index contributed by atoms with van der Waals surface area (Å²) in [6.45, 7) is 4.36. The molecule has 3 amide bonds. The van der Waals surface area contributed by atoms with Crippen molar-refractivity contribution in [3.63, 3.8) is 0 Å². The van der Waals surface area contributed by atoms with E-state index in [0.29, 0.717) is 41.7 Å². The number of carboxylic acids is 1. The summed E-state index contributed by atoms with van der Waals surface area (Å²) in [5.41, 5.74) is 2.09. The number of anilines is 1. The average molecular weight is 577 g/mol. The molecule has 0 saturated carbocycles. The van der Waals surface area contributed by atoms with Crippen molar-refractivity contribution < 1.29 is 38.5 Å². The van der Waals surface area contributed by atoms with Crippen molar-refractivity contribution in [1.29, 1.82) is 0 Å². The minimum Gasteiger partial charge on any atom is -0.494 e. The van der Waals surface area contributed by atoms with E-state index in [9.17, 15) is 19.2 Å². The summed E-state index contributed by atoms with van der Waals surface area (Å²) >= 11 is 0.755. The number of aromatic carboxylic acids is 1. The first-order valence-electron chi connectivity index (χ1n) is 12.8. The maximum absolute atomic E-state index is 13.0. The Bertz CT molecular complexity index is 1470. The van der Waals surface area contributed by atoms with E-state index in [1.165, 1.54) is 12.1 Å². The Morgan fingerprint density at radius 3 is 2.27 bits per heavy atom. The minimum atomic E-state index is -1.00. The Kier molecular flexibility index (Phi) is 9.64. The van der Waals surface area contributed by atoms with Crippen LogP contribution < -0.4 is 19.5 Å². The lowest BCUT2D eigenvalue weighted by atomic mass is 10.1. The number of ether oxygens (including phenoxy) is 3. The van der Waals surface area contributed by atoms with E-state index in [1.807, 2.05) is 13.8 Å². The molecule has 41 heavy (non-hydrogen) atoms. The maximum atomic E-state index is 13.0. The number of carbonyl (C=O) groups excluding carboxylic acids is 3. The molecule has 1 saturated heterocycles.